The minimum absolute atomic E-state index is 0.152. The lowest BCUT2D eigenvalue weighted by Crippen LogP contribution is -2.41. The maximum absolute atomic E-state index is 5.90. The number of aromatic nitrogens is 1. The maximum atomic E-state index is 5.90. The number of anilines is 1. The average Bonchev–Trinajstić information content (AvgIpc) is 2.30. The van der Waals surface area contributed by atoms with Crippen molar-refractivity contribution in [3.05, 3.63) is 24.0 Å². The van der Waals surface area contributed by atoms with Crippen molar-refractivity contribution in [2.75, 3.05) is 19.4 Å². The van der Waals surface area contributed by atoms with E-state index >= 15 is 0 Å². The maximum Gasteiger partial charge on any atom is 0.0699 e. The number of hydrogen-bond acceptors (Lipinski definition) is 4. The lowest BCUT2D eigenvalue weighted by molar-refractivity contribution is 0.0836. The number of rotatable bonds is 6. The number of pyridine rings is 1. The van der Waals surface area contributed by atoms with Crippen LogP contribution in [-0.2, 0) is 11.2 Å². The molecule has 0 saturated carbocycles. The van der Waals surface area contributed by atoms with Gasteiger partial charge >= 0.3 is 0 Å². The zero-order valence-electron chi connectivity index (χ0n) is 10.2. The van der Waals surface area contributed by atoms with Crippen LogP contribution < -0.4 is 11.1 Å². The van der Waals surface area contributed by atoms with E-state index in [1.807, 2.05) is 12.3 Å². The molecule has 1 rings (SSSR count). The van der Waals surface area contributed by atoms with Crippen LogP contribution in [0.3, 0.4) is 0 Å². The quantitative estimate of drug-likeness (QED) is 0.761. The molecule has 0 aliphatic rings. The molecular weight excluding hydrogens is 202 g/mol. The molecule has 0 aromatic carbocycles. The van der Waals surface area contributed by atoms with Gasteiger partial charge in [0.25, 0.3) is 0 Å². The molecule has 1 heterocycles. The third-order valence-corrected chi connectivity index (χ3v) is 2.79. The molecule has 1 aromatic rings. The second-order valence-electron chi connectivity index (χ2n) is 3.88. The summed E-state index contributed by atoms with van der Waals surface area (Å²) in [7, 11) is 1.72. The lowest BCUT2D eigenvalue weighted by atomic mass is 10.0. The third kappa shape index (κ3) is 3.47. The van der Waals surface area contributed by atoms with E-state index in [0.717, 1.165) is 24.2 Å². The molecule has 0 aliphatic heterocycles. The lowest BCUT2D eigenvalue weighted by Gasteiger charge is -2.24. The molecule has 0 amide bonds. The summed E-state index contributed by atoms with van der Waals surface area (Å²) in [5.74, 6) is 0. The monoisotopic (exact) mass is 223 g/mol. The average molecular weight is 223 g/mol. The first-order valence-electron chi connectivity index (χ1n) is 5.63. The highest BCUT2D eigenvalue weighted by molar-refractivity contribution is 5.44. The van der Waals surface area contributed by atoms with Crippen molar-refractivity contribution in [1.82, 2.24) is 10.3 Å². The third-order valence-electron chi connectivity index (χ3n) is 2.79. The fourth-order valence-electron chi connectivity index (χ4n) is 1.68. The van der Waals surface area contributed by atoms with Crippen LogP contribution >= 0.6 is 0 Å². The van der Waals surface area contributed by atoms with Gasteiger partial charge in [-0.1, -0.05) is 6.92 Å². The molecule has 2 unspecified atom stereocenters. The second-order valence-corrected chi connectivity index (χ2v) is 3.88. The van der Waals surface area contributed by atoms with Crippen molar-refractivity contribution in [2.24, 2.45) is 0 Å². The van der Waals surface area contributed by atoms with Gasteiger partial charge in [0.2, 0.25) is 0 Å². The van der Waals surface area contributed by atoms with Crippen LogP contribution in [0.5, 0.6) is 0 Å². The number of ether oxygens (including phenoxy) is 1. The standard InChI is InChI=1S/C12H21N3O/c1-4-15-12(9(2)16-3)7-10-8-14-6-5-11(10)13/h5-6,8-9,12,15H,4,7H2,1-3H3,(H2,13,14). The summed E-state index contributed by atoms with van der Waals surface area (Å²) in [5, 5.41) is 3.40. The van der Waals surface area contributed by atoms with Gasteiger partial charge in [-0.15, -0.1) is 0 Å². The number of nitrogen functional groups attached to an aromatic ring is 1. The van der Waals surface area contributed by atoms with Gasteiger partial charge in [-0.05, 0) is 31.5 Å². The summed E-state index contributed by atoms with van der Waals surface area (Å²) in [6.07, 6.45) is 4.52. The molecule has 0 saturated heterocycles. The summed E-state index contributed by atoms with van der Waals surface area (Å²) in [4.78, 5) is 4.10. The summed E-state index contributed by atoms with van der Waals surface area (Å²) < 4.78 is 5.35. The van der Waals surface area contributed by atoms with Crippen LogP contribution in [0.15, 0.2) is 18.5 Å². The van der Waals surface area contributed by atoms with Gasteiger partial charge in [0.05, 0.1) is 6.10 Å². The number of methoxy groups -OCH3 is 1. The van der Waals surface area contributed by atoms with Crippen LogP contribution in [0.4, 0.5) is 5.69 Å². The number of likely N-dealkylation sites (N-methyl/N-ethyl adjacent to an activating group) is 1. The van der Waals surface area contributed by atoms with E-state index < -0.39 is 0 Å². The fraction of sp³-hybridized carbons (Fsp3) is 0.583. The zero-order valence-corrected chi connectivity index (χ0v) is 10.2. The Morgan fingerprint density at radius 3 is 2.88 bits per heavy atom. The highest BCUT2D eigenvalue weighted by atomic mass is 16.5. The highest BCUT2D eigenvalue weighted by Crippen LogP contribution is 2.13. The first kappa shape index (κ1) is 12.9. The van der Waals surface area contributed by atoms with Gasteiger partial charge in [0.15, 0.2) is 0 Å². The van der Waals surface area contributed by atoms with Crippen molar-refractivity contribution < 1.29 is 4.74 Å². The molecule has 2 atom stereocenters. The van der Waals surface area contributed by atoms with Gasteiger partial charge in [-0.25, -0.2) is 0 Å². The molecule has 0 fully saturated rings. The minimum atomic E-state index is 0.152. The summed E-state index contributed by atoms with van der Waals surface area (Å²) in [5.41, 5.74) is 7.76. The Bertz CT molecular complexity index is 317. The van der Waals surface area contributed by atoms with Crippen LogP contribution in [0.1, 0.15) is 19.4 Å². The first-order chi connectivity index (χ1) is 7.69. The minimum Gasteiger partial charge on any atom is -0.398 e. The van der Waals surface area contributed by atoms with Crippen LogP contribution in [0.25, 0.3) is 0 Å². The van der Waals surface area contributed by atoms with Gasteiger partial charge in [0.1, 0.15) is 0 Å². The number of nitrogens with zero attached hydrogens (tertiary/aromatic N) is 1. The molecule has 1 aromatic heterocycles. The first-order valence-corrected chi connectivity index (χ1v) is 5.63. The molecule has 0 radical (unpaired) electrons. The van der Waals surface area contributed by atoms with Crippen LogP contribution in [-0.4, -0.2) is 30.8 Å². The smallest absolute Gasteiger partial charge is 0.0699 e. The highest BCUT2D eigenvalue weighted by Gasteiger charge is 2.17. The van der Waals surface area contributed by atoms with Crippen molar-refractivity contribution in [2.45, 2.75) is 32.4 Å². The van der Waals surface area contributed by atoms with Crippen molar-refractivity contribution >= 4 is 5.69 Å². The Morgan fingerprint density at radius 1 is 1.56 bits per heavy atom. The van der Waals surface area contributed by atoms with Crippen molar-refractivity contribution in [1.29, 1.82) is 0 Å². The number of hydrogen-bond donors (Lipinski definition) is 2. The Hall–Kier alpha value is -1.13. The predicted molar refractivity (Wildman–Crippen MR) is 66.3 cm³/mol. The summed E-state index contributed by atoms with van der Waals surface area (Å²) in [6, 6.07) is 2.09. The molecule has 4 heteroatoms. The van der Waals surface area contributed by atoms with E-state index in [0.29, 0.717) is 0 Å². The van der Waals surface area contributed by atoms with Gasteiger partial charge < -0.3 is 15.8 Å². The Labute approximate surface area is 97.2 Å². The normalized spacial score (nSPS) is 14.7. The zero-order chi connectivity index (χ0) is 12.0. The molecule has 16 heavy (non-hydrogen) atoms. The predicted octanol–water partition coefficient (Wildman–Crippen LogP) is 1.22. The van der Waals surface area contributed by atoms with Crippen LogP contribution in [0.2, 0.25) is 0 Å². The number of nitrogens with one attached hydrogen (secondary N) is 1. The molecule has 90 valence electrons. The molecular formula is C12H21N3O. The van der Waals surface area contributed by atoms with E-state index in [9.17, 15) is 0 Å². The van der Waals surface area contributed by atoms with Gasteiger partial charge in [0, 0.05) is 31.2 Å². The Kier molecular flexibility index (Phi) is 5.22. The van der Waals surface area contributed by atoms with Crippen LogP contribution in [0, 0.1) is 0 Å². The summed E-state index contributed by atoms with van der Waals surface area (Å²) >= 11 is 0. The largest absolute Gasteiger partial charge is 0.398 e. The van der Waals surface area contributed by atoms with Crippen molar-refractivity contribution in [3.8, 4) is 0 Å². The van der Waals surface area contributed by atoms with Gasteiger partial charge in [-0.3, -0.25) is 4.98 Å². The molecule has 0 bridgehead atoms. The van der Waals surface area contributed by atoms with Crippen molar-refractivity contribution in [3.63, 3.8) is 0 Å². The fourth-order valence-corrected chi connectivity index (χ4v) is 1.68. The summed E-state index contributed by atoms with van der Waals surface area (Å²) in [6.45, 7) is 5.06. The topological polar surface area (TPSA) is 60.2 Å². The molecule has 0 aliphatic carbocycles. The second kappa shape index (κ2) is 6.45. The van der Waals surface area contributed by atoms with E-state index in [1.54, 1.807) is 13.3 Å². The van der Waals surface area contributed by atoms with E-state index in [4.69, 9.17) is 10.5 Å². The SMILES string of the molecule is CCNC(Cc1cnccc1N)C(C)OC. The Balaban J connectivity index is 2.71. The van der Waals surface area contributed by atoms with Gasteiger partial charge in [-0.2, -0.15) is 0 Å². The molecule has 0 spiro atoms. The van der Waals surface area contributed by atoms with E-state index in [2.05, 4.69) is 24.1 Å². The van der Waals surface area contributed by atoms with E-state index in [-0.39, 0.29) is 12.1 Å². The van der Waals surface area contributed by atoms with E-state index in [1.165, 1.54) is 0 Å². The molecule has 3 N–H and O–H groups in total. The Morgan fingerprint density at radius 2 is 2.31 bits per heavy atom. The number of nitrogens with two attached hydrogens (primary N) is 1. The molecule has 4 nitrogen and oxygen atoms in total.